The van der Waals surface area contributed by atoms with Gasteiger partial charge in [-0.15, -0.1) is 0 Å². The maximum atomic E-state index is 6.03. The highest BCUT2D eigenvalue weighted by Gasteiger charge is 2.11. The van der Waals surface area contributed by atoms with E-state index in [9.17, 15) is 0 Å². The summed E-state index contributed by atoms with van der Waals surface area (Å²) in [6, 6.07) is 16.2. The summed E-state index contributed by atoms with van der Waals surface area (Å²) >= 11 is 0. The molecule has 2 rings (SSSR count). The van der Waals surface area contributed by atoms with Gasteiger partial charge in [0.05, 0.1) is 22.7 Å². The molecular weight excluding hydrogens is 222 g/mol. The van der Waals surface area contributed by atoms with Crippen LogP contribution in [0.3, 0.4) is 0 Å². The monoisotopic (exact) mass is 241 g/mol. The standard InChI is InChI=1S/C15H19N3/c1-17(2)14-10-6-7-11-15(14)18(3)13-9-5-4-8-12(13)16/h4-11H,16H2,1-3H3. The van der Waals surface area contributed by atoms with Crippen LogP contribution in [0.5, 0.6) is 0 Å². The summed E-state index contributed by atoms with van der Waals surface area (Å²) in [4.78, 5) is 4.22. The molecule has 0 amide bonds. The van der Waals surface area contributed by atoms with Gasteiger partial charge in [-0.2, -0.15) is 0 Å². The van der Waals surface area contributed by atoms with Gasteiger partial charge in [0.25, 0.3) is 0 Å². The number of nitrogens with zero attached hydrogens (tertiary/aromatic N) is 2. The Balaban J connectivity index is 2.46. The normalized spacial score (nSPS) is 10.2. The molecule has 0 aliphatic heterocycles. The van der Waals surface area contributed by atoms with Gasteiger partial charge >= 0.3 is 0 Å². The van der Waals surface area contributed by atoms with Crippen LogP contribution in [0, 0.1) is 0 Å². The molecule has 0 saturated heterocycles. The Hall–Kier alpha value is -2.16. The van der Waals surface area contributed by atoms with E-state index in [0.29, 0.717) is 0 Å². The Bertz CT molecular complexity index is 535. The Kier molecular flexibility index (Phi) is 3.42. The van der Waals surface area contributed by atoms with Crippen LogP contribution in [0.4, 0.5) is 22.7 Å². The highest BCUT2D eigenvalue weighted by Crippen LogP contribution is 2.34. The first kappa shape index (κ1) is 12.3. The van der Waals surface area contributed by atoms with Crippen molar-refractivity contribution in [3.05, 3.63) is 48.5 Å². The van der Waals surface area contributed by atoms with Crippen LogP contribution in [-0.2, 0) is 0 Å². The third-order valence-electron chi connectivity index (χ3n) is 3.02. The average molecular weight is 241 g/mol. The van der Waals surface area contributed by atoms with Crippen molar-refractivity contribution in [2.45, 2.75) is 0 Å². The summed E-state index contributed by atoms with van der Waals surface area (Å²) in [5.74, 6) is 0. The number of hydrogen-bond donors (Lipinski definition) is 1. The molecule has 0 spiro atoms. The summed E-state index contributed by atoms with van der Waals surface area (Å²) in [6.45, 7) is 0. The van der Waals surface area contributed by atoms with E-state index in [-0.39, 0.29) is 0 Å². The smallest absolute Gasteiger partial charge is 0.0646 e. The zero-order chi connectivity index (χ0) is 13.1. The molecule has 0 radical (unpaired) electrons. The largest absolute Gasteiger partial charge is 0.397 e. The van der Waals surface area contributed by atoms with Gasteiger partial charge in [0, 0.05) is 21.1 Å². The van der Waals surface area contributed by atoms with Crippen molar-refractivity contribution in [2.24, 2.45) is 0 Å². The first-order valence-electron chi connectivity index (χ1n) is 5.96. The van der Waals surface area contributed by atoms with Crippen molar-refractivity contribution in [1.82, 2.24) is 0 Å². The number of rotatable bonds is 3. The van der Waals surface area contributed by atoms with Crippen LogP contribution in [0.25, 0.3) is 0 Å². The number of nitrogen functional groups attached to an aromatic ring is 1. The number of benzene rings is 2. The highest BCUT2D eigenvalue weighted by molar-refractivity contribution is 5.81. The van der Waals surface area contributed by atoms with Crippen molar-refractivity contribution in [2.75, 3.05) is 36.7 Å². The molecule has 94 valence electrons. The van der Waals surface area contributed by atoms with Crippen LogP contribution in [0.15, 0.2) is 48.5 Å². The van der Waals surface area contributed by atoms with Crippen molar-refractivity contribution in [3.63, 3.8) is 0 Å². The van der Waals surface area contributed by atoms with E-state index in [1.165, 1.54) is 5.69 Å². The summed E-state index contributed by atoms with van der Waals surface area (Å²) in [5.41, 5.74) is 10.1. The lowest BCUT2D eigenvalue weighted by Gasteiger charge is -2.26. The zero-order valence-corrected chi connectivity index (χ0v) is 11.1. The van der Waals surface area contributed by atoms with Gasteiger partial charge < -0.3 is 15.5 Å². The predicted octanol–water partition coefficient (Wildman–Crippen LogP) is 3.10. The van der Waals surface area contributed by atoms with Gasteiger partial charge in [-0.3, -0.25) is 0 Å². The highest BCUT2D eigenvalue weighted by atomic mass is 15.2. The van der Waals surface area contributed by atoms with Gasteiger partial charge in [0.2, 0.25) is 0 Å². The van der Waals surface area contributed by atoms with Crippen molar-refractivity contribution < 1.29 is 0 Å². The second kappa shape index (κ2) is 5.00. The Morgan fingerprint density at radius 1 is 0.722 bits per heavy atom. The molecule has 2 aromatic carbocycles. The van der Waals surface area contributed by atoms with Crippen molar-refractivity contribution in [3.8, 4) is 0 Å². The third kappa shape index (κ3) is 2.25. The van der Waals surface area contributed by atoms with Gasteiger partial charge in [0.1, 0.15) is 0 Å². The van der Waals surface area contributed by atoms with Crippen molar-refractivity contribution >= 4 is 22.7 Å². The maximum Gasteiger partial charge on any atom is 0.0646 e. The molecule has 2 aromatic rings. The molecule has 0 aliphatic rings. The van der Waals surface area contributed by atoms with Gasteiger partial charge in [-0.05, 0) is 24.3 Å². The Morgan fingerprint density at radius 3 is 1.78 bits per heavy atom. The first-order valence-corrected chi connectivity index (χ1v) is 5.96. The van der Waals surface area contributed by atoms with E-state index in [1.54, 1.807) is 0 Å². The summed E-state index contributed by atoms with van der Waals surface area (Å²) in [5, 5.41) is 0. The van der Waals surface area contributed by atoms with E-state index < -0.39 is 0 Å². The molecule has 0 unspecified atom stereocenters. The second-order valence-corrected chi connectivity index (χ2v) is 4.50. The first-order chi connectivity index (χ1) is 8.61. The molecule has 0 heterocycles. The van der Waals surface area contributed by atoms with Gasteiger partial charge in [-0.25, -0.2) is 0 Å². The van der Waals surface area contributed by atoms with E-state index in [2.05, 4.69) is 21.9 Å². The van der Waals surface area contributed by atoms with Gasteiger partial charge in [-0.1, -0.05) is 24.3 Å². The van der Waals surface area contributed by atoms with Crippen LogP contribution in [0.1, 0.15) is 0 Å². The van der Waals surface area contributed by atoms with E-state index in [4.69, 9.17) is 5.73 Å². The lowest BCUT2D eigenvalue weighted by Crippen LogP contribution is -2.17. The quantitative estimate of drug-likeness (QED) is 0.838. The molecule has 0 aromatic heterocycles. The van der Waals surface area contributed by atoms with Crippen LogP contribution >= 0.6 is 0 Å². The van der Waals surface area contributed by atoms with Crippen molar-refractivity contribution in [1.29, 1.82) is 0 Å². The number of hydrogen-bond acceptors (Lipinski definition) is 3. The predicted molar refractivity (Wildman–Crippen MR) is 79.7 cm³/mol. The summed E-state index contributed by atoms with van der Waals surface area (Å²) in [6.07, 6.45) is 0. The molecule has 0 aliphatic carbocycles. The Morgan fingerprint density at radius 2 is 1.22 bits per heavy atom. The summed E-state index contributed by atoms with van der Waals surface area (Å²) < 4.78 is 0. The van der Waals surface area contributed by atoms with E-state index in [0.717, 1.165) is 17.1 Å². The minimum Gasteiger partial charge on any atom is -0.397 e. The molecule has 18 heavy (non-hydrogen) atoms. The lowest BCUT2D eigenvalue weighted by atomic mass is 10.2. The second-order valence-electron chi connectivity index (χ2n) is 4.50. The van der Waals surface area contributed by atoms with E-state index in [1.807, 2.05) is 57.5 Å². The molecule has 3 nitrogen and oxygen atoms in total. The lowest BCUT2D eigenvalue weighted by molar-refractivity contribution is 1.10. The molecule has 0 fully saturated rings. The third-order valence-corrected chi connectivity index (χ3v) is 3.02. The maximum absolute atomic E-state index is 6.03. The number of para-hydroxylation sites is 4. The van der Waals surface area contributed by atoms with Crippen LogP contribution in [-0.4, -0.2) is 21.1 Å². The summed E-state index contributed by atoms with van der Waals surface area (Å²) in [7, 11) is 6.12. The zero-order valence-electron chi connectivity index (χ0n) is 11.1. The minimum absolute atomic E-state index is 0.786. The number of nitrogens with two attached hydrogens (primary N) is 1. The molecule has 2 N–H and O–H groups in total. The molecule has 0 atom stereocenters. The molecule has 3 heteroatoms. The van der Waals surface area contributed by atoms with Gasteiger partial charge in [0.15, 0.2) is 0 Å². The number of anilines is 4. The Labute approximate surface area is 108 Å². The van der Waals surface area contributed by atoms with E-state index >= 15 is 0 Å². The molecular formula is C15H19N3. The fraction of sp³-hybridized carbons (Fsp3) is 0.200. The SMILES string of the molecule is CN(C)c1ccccc1N(C)c1ccccc1N. The van der Waals surface area contributed by atoms with Crippen LogP contribution in [0.2, 0.25) is 0 Å². The topological polar surface area (TPSA) is 32.5 Å². The molecule has 0 saturated carbocycles. The molecule has 0 bridgehead atoms. The van der Waals surface area contributed by atoms with Crippen LogP contribution < -0.4 is 15.5 Å². The fourth-order valence-corrected chi connectivity index (χ4v) is 2.05. The minimum atomic E-state index is 0.786. The average Bonchev–Trinajstić information content (AvgIpc) is 2.38. The fourth-order valence-electron chi connectivity index (χ4n) is 2.05.